The molecular weight excluding hydrogens is 673 g/mol. The van der Waals surface area contributed by atoms with Gasteiger partial charge >= 0.3 is 12.1 Å². The number of esters is 1. The molecule has 3 N–H and O–H groups in total. The van der Waals surface area contributed by atoms with E-state index in [9.17, 15) is 19.2 Å². The SMILES string of the molecule is COC(=O)c1nc(C(=O)NC2CCOCC2)ccc1-c1cc2c(cc1C(=O)Nc1ccc(CNC(=O)OC(C)(C)C)cc1)-c1sccc1CCO2. The molecule has 2 aliphatic heterocycles. The third-order valence-electron chi connectivity index (χ3n) is 8.39. The zero-order valence-corrected chi connectivity index (χ0v) is 29.7. The normalized spacial score (nSPS) is 14.2. The van der Waals surface area contributed by atoms with Crippen LogP contribution in [0.3, 0.4) is 0 Å². The Hall–Kier alpha value is -5.27. The number of alkyl carbamates (subject to hydrolysis) is 1. The molecule has 2 aromatic heterocycles. The number of nitrogens with zero attached hydrogens (tertiary/aromatic N) is 1. The molecule has 266 valence electrons. The first kappa shape index (κ1) is 35.6. The molecule has 0 saturated carbocycles. The number of benzene rings is 2. The van der Waals surface area contributed by atoms with Crippen molar-refractivity contribution in [1.29, 1.82) is 0 Å². The maximum atomic E-state index is 14.2. The molecule has 0 aliphatic carbocycles. The minimum atomic E-state index is -0.760. The second-order valence-corrected chi connectivity index (χ2v) is 14.1. The molecule has 0 spiro atoms. The van der Waals surface area contributed by atoms with E-state index in [4.69, 9.17) is 18.9 Å². The minimum Gasteiger partial charge on any atom is -0.493 e. The highest BCUT2D eigenvalue weighted by atomic mass is 32.1. The van der Waals surface area contributed by atoms with Crippen molar-refractivity contribution in [3.63, 3.8) is 0 Å². The molecule has 1 fully saturated rings. The Morgan fingerprint density at radius 2 is 1.69 bits per heavy atom. The zero-order chi connectivity index (χ0) is 36.1. The van der Waals surface area contributed by atoms with E-state index in [2.05, 4.69) is 27.0 Å². The predicted molar refractivity (Wildman–Crippen MR) is 192 cm³/mol. The van der Waals surface area contributed by atoms with Crippen LogP contribution >= 0.6 is 11.3 Å². The number of pyridine rings is 1. The van der Waals surface area contributed by atoms with E-state index in [-0.39, 0.29) is 29.5 Å². The highest BCUT2D eigenvalue weighted by molar-refractivity contribution is 7.13. The predicted octanol–water partition coefficient (Wildman–Crippen LogP) is 6.38. The lowest BCUT2D eigenvalue weighted by atomic mass is 9.93. The number of hydrogen-bond donors (Lipinski definition) is 3. The fourth-order valence-electron chi connectivity index (χ4n) is 5.88. The molecule has 4 aromatic rings. The van der Waals surface area contributed by atoms with Crippen LogP contribution in [0.2, 0.25) is 0 Å². The number of fused-ring (bicyclic) bond motifs is 3. The number of nitrogens with one attached hydrogen (secondary N) is 3. The van der Waals surface area contributed by atoms with Gasteiger partial charge in [0, 0.05) is 65.0 Å². The van der Waals surface area contributed by atoms with Crippen LogP contribution in [0.1, 0.15) is 76.1 Å². The number of thiophene rings is 1. The molecule has 13 heteroatoms. The second kappa shape index (κ2) is 15.3. The van der Waals surface area contributed by atoms with Crippen molar-refractivity contribution in [2.75, 3.05) is 32.2 Å². The topological polar surface area (TPSA) is 154 Å². The van der Waals surface area contributed by atoms with E-state index >= 15 is 0 Å². The summed E-state index contributed by atoms with van der Waals surface area (Å²) < 4.78 is 22.0. The first-order valence-electron chi connectivity index (χ1n) is 16.7. The van der Waals surface area contributed by atoms with E-state index in [1.807, 2.05) is 5.38 Å². The summed E-state index contributed by atoms with van der Waals surface area (Å²) in [5.74, 6) is -1.06. The van der Waals surface area contributed by atoms with Crippen LogP contribution in [0.25, 0.3) is 21.6 Å². The Morgan fingerprint density at radius 3 is 2.41 bits per heavy atom. The summed E-state index contributed by atoms with van der Waals surface area (Å²) in [6.07, 6.45) is 1.53. The van der Waals surface area contributed by atoms with Crippen LogP contribution in [0.5, 0.6) is 5.75 Å². The number of carbonyl (C=O) groups excluding carboxylic acids is 4. The number of anilines is 1. The number of aromatic nitrogens is 1. The lowest BCUT2D eigenvalue weighted by Crippen LogP contribution is -2.39. The summed E-state index contributed by atoms with van der Waals surface area (Å²) >= 11 is 1.56. The van der Waals surface area contributed by atoms with Crippen molar-refractivity contribution in [1.82, 2.24) is 15.6 Å². The number of rotatable bonds is 8. The second-order valence-electron chi connectivity index (χ2n) is 13.2. The van der Waals surface area contributed by atoms with E-state index in [1.165, 1.54) is 13.2 Å². The number of carbonyl (C=O) groups is 4. The zero-order valence-electron chi connectivity index (χ0n) is 28.9. The van der Waals surface area contributed by atoms with Crippen LogP contribution in [-0.4, -0.2) is 67.4 Å². The Kier molecular flexibility index (Phi) is 10.7. The van der Waals surface area contributed by atoms with Crippen LogP contribution in [0, 0.1) is 0 Å². The molecule has 0 atom stereocenters. The quantitative estimate of drug-likeness (QED) is 0.177. The molecule has 2 aromatic carbocycles. The summed E-state index contributed by atoms with van der Waals surface area (Å²) in [7, 11) is 1.24. The summed E-state index contributed by atoms with van der Waals surface area (Å²) in [6, 6.07) is 15.7. The van der Waals surface area contributed by atoms with Gasteiger partial charge in [0.25, 0.3) is 11.8 Å². The van der Waals surface area contributed by atoms with Gasteiger partial charge in [-0.2, -0.15) is 0 Å². The number of amides is 3. The molecule has 0 radical (unpaired) electrons. The maximum absolute atomic E-state index is 14.2. The van der Waals surface area contributed by atoms with Gasteiger partial charge in [0.15, 0.2) is 5.69 Å². The van der Waals surface area contributed by atoms with Crippen molar-refractivity contribution >= 4 is 40.9 Å². The van der Waals surface area contributed by atoms with Gasteiger partial charge in [0.1, 0.15) is 17.0 Å². The first-order valence-corrected chi connectivity index (χ1v) is 17.6. The monoisotopic (exact) mass is 712 g/mol. The van der Waals surface area contributed by atoms with Gasteiger partial charge in [-0.1, -0.05) is 12.1 Å². The van der Waals surface area contributed by atoms with E-state index in [0.29, 0.717) is 61.6 Å². The molecule has 4 heterocycles. The fourth-order valence-corrected chi connectivity index (χ4v) is 6.85. The van der Waals surface area contributed by atoms with E-state index < -0.39 is 29.5 Å². The van der Waals surface area contributed by atoms with Crippen LogP contribution in [-0.2, 0) is 27.2 Å². The van der Waals surface area contributed by atoms with Crippen molar-refractivity contribution < 1.29 is 38.1 Å². The van der Waals surface area contributed by atoms with Crippen molar-refractivity contribution in [3.8, 4) is 27.3 Å². The molecule has 12 nitrogen and oxygen atoms in total. The van der Waals surface area contributed by atoms with Crippen molar-refractivity contribution in [3.05, 3.63) is 88.1 Å². The maximum Gasteiger partial charge on any atom is 0.407 e. The number of ether oxygens (including phenoxy) is 4. The van der Waals surface area contributed by atoms with Gasteiger partial charge in [-0.15, -0.1) is 11.3 Å². The van der Waals surface area contributed by atoms with Gasteiger partial charge in [-0.3, -0.25) is 9.59 Å². The van der Waals surface area contributed by atoms with Crippen LogP contribution < -0.4 is 20.7 Å². The molecule has 1 saturated heterocycles. The average Bonchev–Trinajstić information content (AvgIpc) is 3.51. The molecule has 0 bridgehead atoms. The molecule has 3 amide bonds. The lowest BCUT2D eigenvalue weighted by molar-refractivity contribution is 0.0521. The van der Waals surface area contributed by atoms with Gasteiger partial charge < -0.3 is 34.9 Å². The Balaban J connectivity index is 1.34. The van der Waals surface area contributed by atoms with E-state index in [0.717, 1.165) is 21.6 Å². The third-order valence-corrected chi connectivity index (χ3v) is 9.38. The summed E-state index contributed by atoms with van der Waals surface area (Å²) in [5.41, 5.74) is 3.47. The van der Waals surface area contributed by atoms with Gasteiger partial charge in [0.05, 0.1) is 13.7 Å². The number of methoxy groups -OCH3 is 1. The summed E-state index contributed by atoms with van der Waals surface area (Å²) in [5, 5.41) is 10.7. The fraction of sp³-hybridized carbons (Fsp3) is 0.342. The summed E-state index contributed by atoms with van der Waals surface area (Å²) in [6.45, 7) is 7.17. The Morgan fingerprint density at radius 1 is 0.922 bits per heavy atom. The number of hydrogen-bond acceptors (Lipinski definition) is 10. The Bertz CT molecular complexity index is 1940. The molecular formula is C38H40N4O8S. The smallest absolute Gasteiger partial charge is 0.407 e. The third kappa shape index (κ3) is 8.55. The standard InChI is InChI=1S/C38H40N4O8S/c1-38(2,3)50-37(46)39-21-22-5-7-24(8-6-22)40-34(43)28-19-29-31(49-17-11-23-14-18-51-33(23)29)20-27(28)26-9-10-30(42-32(26)36(45)47-4)35(44)41-25-12-15-48-16-13-25/h5-10,14,18-20,25H,11-13,15-17,21H2,1-4H3,(H,39,46)(H,40,43)(H,41,44). The highest BCUT2D eigenvalue weighted by Gasteiger charge is 2.28. The molecule has 6 rings (SSSR count). The first-order chi connectivity index (χ1) is 24.5. The van der Waals surface area contributed by atoms with Gasteiger partial charge in [-0.25, -0.2) is 14.6 Å². The molecule has 2 aliphatic rings. The van der Waals surface area contributed by atoms with Crippen LogP contribution in [0.4, 0.5) is 10.5 Å². The highest BCUT2D eigenvalue weighted by Crippen LogP contribution is 2.43. The van der Waals surface area contributed by atoms with Gasteiger partial charge in [0.2, 0.25) is 0 Å². The largest absolute Gasteiger partial charge is 0.493 e. The molecule has 51 heavy (non-hydrogen) atoms. The van der Waals surface area contributed by atoms with Crippen molar-refractivity contribution in [2.24, 2.45) is 0 Å². The van der Waals surface area contributed by atoms with Crippen molar-refractivity contribution in [2.45, 2.75) is 58.2 Å². The summed E-state index contributed by atoms with van der Waals surface area (Å²) in [4.78, 5) is 58.1. The average molecular weight is 713 g/mol. The lowest BCUT2D eigenvalue weighted by Gasteiger charge is -2.23. The Labute approximate surface area is 299 Å². The minimum absolute atomic E-state index is 0.0483. The molecule has 0 unspecified atom stereocenters. The van der Waals surface area contributed by atoms with Crippen LogP contribution in [0.15, 0.2) is 60.0 Å². The van der Waals surface area contributed by atoms with E-state index in [1.54, 1.807) is 74.6 Å². The van der Waals surface area contributed by atoms with Gasteiger partial charge in [-0.05, 0) is 92.6 Å².